The standard InChI is InChI=1S/C12H11N3O2/c1-14-6-8-4-9(2-3-11(8)13-14)15-7-10(16)5-12(15)17/h2-4,6H,5,7H2,1H3. The first-order valence-electron chi connectivity index (χ1n) is 5.39. The summed E-state index contributed by atoms with van der Waals surface area (Å²) in [6.07, 6.45) is 1.91. The summed E-state index contributed by atoms with van der Waals surface area (Å²) in [5.74, 6) is -0.153. The lowest BCUT2D eigenvalue weighted by Gasteiger charge is -2.14. The average Bonchev–Trinajstić information content (AvgIpc) is 2.78. The molecule has 0 N–H and O–H groups in total. The fourth-order valence-corrected chi connectivity index (χ4v) is 2.12. The van der Waals surface area contributed by atoms with Gasteiger partial charge in [0, 0.05) is 24.3 Å². The molecule has 0 atom stereocenters. The van der Waals surface area contributed by atoms with E-state index in [2.05, 4.69) is 5.10 Å². The van der Waals surface area contributed by atoms with Gasteiger partial charge in [-0.15, -0.1) is 0 Å². The lowest BCUT2D eigenvalue weighted by atomic mass is 10.2. The number of aryl methyl sites for hydroxylation is 1. The summed E-state index contributed by atoms with van der Waals surface area (Å²) in [5.41, 5.74) is 1.65. The lowest BCUT2D eigenvalue weighted by molar-refractivity contribution is -0.121. The number of carbonyl (C=O) groups excluding carboxylic acids is 2. The van der Waals surface area contributed by atoms with Crippen LogP contribution in [0.4, 0.5) is 5.69 Å². The number of benzene rings is 1. The second-order valence-electron chi connectivity index (χ2n) is 4.24. The largest absolute Gasteiger partial charge is 0.305 e. The van der Waals surface area contributed by atoms with Crippen molar-refractivity contribution in [2.45, 2.75) is 6.42 Å². The number of nitrogens with zero attached hydrogens (tertiary/aromatic N) is 3. The third kappa shape index (κ3) is 1.60. The van der Waals surface area contributed by atoms with Crippen molar-refractivity contribution in [1.29, 1.82) is 0 Å². The molecule has 3 rings (SSSR count). The number of amides is 1. The molecule has 1 saturated heterocycles. The summed E-state index contributed by atoms with van der Waals surface area (Å²) in [4.78, 5) is 24.4. The molecule has 0 bridgehead atoms. The number of aromatic nitrogens is 2. The average molecular weight is 229 g/mol. The van der Waals surface area contributed by atoms with Gasteiger partial charge >= 0.3 is 0 Å². The molecule has 1 aliphatic rings. The quantitative estimate of drug-likeness (QED) is 0.682. The molecule has 1 amide bonds. The molecule has 1 aliphatic heterocycles. The Balaban J connectivity index is 2.05. The smallest absolute Gasteiger partial charge is 0.234 e. The molecular formula is C12H11N3O2. The summed E-state index contributed by atoms with van der Waals surface area (Å²) >= 11 is 0. The van der Waals surface area contributed by atoms with E-state index >= 15 is 0 Å². The van der Waals surface area contributed by atoms with Gasteiger partial charge in [0.1, 0.15) is 0 Å². The number of hydrogen-bond donors (Lipinski definition) is 0. The minimum absolute atomic E-state index is 0.0189. The highest BCUT2D eigenvalue weighted by atomic mass is 16.2. The second-order valence-corrected chi connectivity index (χ2v) is 4.24. The third-order valence-corrected chi connectivity index (χ3v) is 2.90. The fraction of sp³-hybridized carbons (Fsp3) is 0.250. The van der Waals surface area contributed by atoms with E-state index in [9.17, 15) is 9.59 Å². The Kier molecular flexibility index (Phi) is 2.01. The molecule has 1 aromatic carbocycles. The van der Waals surface area contributed by atoms with Crippen molar-refractivity contribution < 1.29 is 9.59 Å². The number of anilines is 1. The number of fused-ring (bicyclic) bond motifs is 1. The van der Waals surface area contributed by atoms with Gasteiger partial charge in [-0.05, 0) is 18.2 Å². The highest BCUT2D eigenvalue weighted by Gasteiger charge is 2.28. The van der Waals surface area contributed by atoms with E-state index in [-0.39, 0.29) is 24.7 Å². The molecule has 1 fully saturated rings. The van der Waals surface area contributed by atoms with Crippen LogP contribution >= 0.6 is 0 Å². The van der Waals surface area contributed by atoms with E-state index in [1.807, 2.05) is 31.4 Å². The van der Waals surface area contributed by atoms with E-state index < -0.39 is 0 Å². The molecule has 0 spiro atoms. The maximum Gasteiger partial charge on any atom is 0.234 e. The van der Waals surface area contributed by atoms with Gasteiger partial charge in [0.05, 0.1) is 18.5 Å². The van der Waals surface area contributed by atoms with E-state index in [0.717, 1.165) is 16.6 Å². The fourth-order valence-electron chi connectivity index (χ4n) is 2.12. The van der Waals surface area contributed by atoms with Gasteiger partial charge in [-0.25, -0.2) is 0 Å². The molecule has 5 nitrogen and oxygen atoms in total. The lowest BCUT2D eigenvalue weighted by Crippen LogP contribution is -2.24. The van der Waals surface area contributed by atoms with Crippen molar-refractivity contribution in [3.63, 3.8) is 0 Å². The van der Waals surface area contributed by atoms with Crippen molar-refractivity contribution >= 4 is 28.3 Å². The Labute approximate surface area is 97.6 Å². The monoisotopic (exact) mass is 229 g/mol. The van der Waals surface area contributed by atoms with Gasteiger partial charge < -0.3 is 4.90 Å². The van der Waals surface area contributed by atoms with Crippen LogP contribution in [0.1, 0.15) is 6.42 Å². The summed E-state index contributed by atoms with van der Waals surface area (Å²) < 4.78 is 1.73. The maximum atomic E-state index is 11.6. The Morgan fingerprint density at radius 2 is 2.12 bits per heavy atom. The van der Waals surface area contributed by atoms with Crippen molar-refractivity contribution in [3.05, 3.63) is 24.4 Å². The molecule has 1 aromatic heterocycles. The summed E-state index contributed by atoms with van der Waals surface area (Å²) in [6.45, 7) is 0.185. The molecule has 0 radical (unpaired) electrons. The maximum absolute atomic E-state index is 11.6. The van der Waals surface area contributed by atoms with Crippen molar-refractivity contribution in [1.82, 2.24) is 9.78 Å². The number of carbonyl (C=O) groups is 2. The molecular weight excluding hydrogens is 218 g/mol. The van der Waals surface area contributed by atoms with Crippen LogP contribution in [0.3, 0.4) is 0 Å². The van der Waals surface area contributed by atoms with Crippen LogP contribution in [0.25, 0.3) is 10.9 Å². The molecule has 2 aromatic rings. The molecule has 0 saturated carbocycles. The van der Waals surface area contributed by atoms with Gasteiger partial charge in [-0.3, -0.25) is 14.3 Å². The zero-order valence-corrected chi connectivity index (χ0v) is 9.38. The van der Waals surface area contributed by atoms with E-state index in [1.54, 1.807) is 4.68 Å². The molecule has 0 aliphatic carbocycles. The minimum atomic E-state index is -0.127. The Morgan fingerprint density at radius 3 is 2.82 bits per heavy atom. The predicted octanol–water partition coefficient (Wildman–Crippen LogP) is 0.879. The number of Topliss-reactive ketones (excluding diaryl/α,β-unsaturated/α-hetero) is 1. The zero-order chi connectivity index (χ0) is 12.0. The van der Waals surface area contributed by atoms with Crippen LogP contribution in [-0.2, 0) is 16.6 Å². The molecule has 5 heteroatoms. The highest BCUT2D eigenvalue weighted by Crippen LogP contribution is 2.24. The SMILES string of the molecule is Cn1cc2cc(N3CC(=O)CC3=O)ccc2n1. The Hall–Kier alpha value is -2.17. The third-order valence-electron chi connectivity index (χ3n) is 2.90. The van der Waals surface area contributed by atoms with Gasteiger partial charge in [-0.1, -0.05) is 0 Å². The second kappa shape index (κ2) is 3.41. The normalized spacial score (nSPS) is 16.2. The van der Waals surface area contributed by atoms with E-state index in [1.165, 1.54) is 4.90 Å². The van der Waals surface area contributed by atoms with Crippen molar-refractivity contribution in [3.8, 4) is 0 Å². The van der Waals surface area contributed by atoms with Gasteiger partial charge in [-0.2, -0.15) is 5.10 Å². The molecule has 86 valence electrons. The topological polar surface area (TPSA) is 55.2 Å². The van der Waals surface area contributed by atoms with Gasteiger partial charge in [0.15, 0.2) is 5.78 Å². The van der Waals surface area contributed by atoms with Crippen molar-refractivity contribution in [2.24, 2.45) is 7.05 Å². The van der Waals surface area contributed by atoms with Crippen LogP contribution in [-0.4, -0.2) is 28.0 Å². The van der Waals surface area contributed by atoms with E-state index in [4.69, 9.17) is 0 Å². The highest BCUT2D eigenvalue weighted by molar-refractivity contribution is 6.15. The number of ketones is 1. The summed E-state index contributed by atoms with van der Waals surface area (Å²) in [5, 5.41) is 5.23. The predicted molar refractivity (Wildman–Crippen MR) is 62.7 cm³/mol. The first-order chi connectivity index (χ1) is 8.13. The van der Waals surface area contributed by atoms with Crippen LogP contribution in [0, 0.1) is 0 Å². The Bertz CT molecular complexity index is 630. The summed E-state index contributed by atoms with van der Waals surface area (Å²) in [6, 6.07) is 5.57. The minimum Gasteiger partial charge on any atom is -0.305 e. The number of hydrogen-bond acceptors (Lipinski definition) is 3. The zero-order valence-electron chi connectivity index (χ0n) is 9.38. The first-order valence-corrected chi connectivity index (χ1v) is 5.39. The van der Waals surface area contributed by atoms with Crippen molar-refractivity contribution in [2.75, 3.05) is 11.4 Å². The van der Waals surface area contributed by atoms with Crippen LogP contribution < -0.4 is 4.90 Å². The number of rotatable bonds is 1. The molecule has 2 heterocycles. The molecule has 17 heavy (non-hydrogen) atoms. The van der Waals surface area contributed by atoms with Gasteiger partial charge in [0.25, 0.3) is 0 Å². The van der Waals surface area contributed by atoms with Crippen LogP contribution in [0.2, 0.25) is 0 Å². The van der Waals surface area contributed by atoms with Gasteiger partial charge in [0.2, 0.25) is 5.91 Å². The Morgan fingerprint density at radius 1 is 1.29 bits per heavy atom. The van der Waals surface area contributed by atoms with Crippen LogP contribution in [0.15, 0.2) is 24.4 Å². The van der Waals surface area contributed by atoms with E-state index in [0.29, 0.717) is 0 Å². The summed E-state index contributed by atoms with van der Waals surface area (Å²) in [7, 11) is 1.85. The first kappa shape index (κ1) is 10.0. The van der Waals surface area contributed by atoms with Crippen LogP contribution in [0.5, 0.6) is 0 Å². The molecule has 0 unspecified atom stereocenters.